The Kier molecular flexibility index (Phi) is 6.77. The molecule has 0 bridgehead atoms. The van der Waals surface area contributed by atoms with Gasteiger partial charge in [0.05, 0.1) is 12.5 Å². The summed E-state index contributed by atoms with van der Waals surface area (Å²) in [7, 11) is -1.72. The van der Waals surface area contributed by atoms with Crippen LogP contribution in [0.4, 0.5) is 0 Å². The van der Waals surface area contributed by atoms with Crippen LogP contribution in [0, 0.1) is 0 Å². The first-order valence-corrected chi connectivity index (χ1v) is 9.77. The highest BCUT2D eigenvalue weighted by Gasteiger charge is 2.25. The van der Waals surface area contributed by atoms with E-state index in [4.69, 9.17) is 9.16 Å². The molecule has 0 aromatic carbocycles. The quantitative estimate of drug-likeness (QED) is 0.407. The van der Waals surface area contributed by atoms with Gasteiger partial charge in [-0.2, -0.15) is 0 Å². The van der Waals surface area contributed by atoms with Gasteiger partial charge in [-0.05, 0) is 46.8 Å². The molecule has 0 spiro atoms. The first-order chi connectivity index (χ1) is 8.03. The van der Waals surface area contributed by atoms with Crippen LogP contribution in [0.2, 0.25) is 19.6 Å². The number of rotatable bonds is 7. The minimum absolute atomic E-state index is 0.211. The van der Waals surface area contributed by atoms with E-state index in [-0.39, 0.29) is 18.5 Å². The summed E-state index contributed by atoms with van der Waals surface area (Å²) >= 11 is 0. The molecule has 0 aromatic heterocycles. The fourth-order valence-corrected chi connectivity index (χ4v) is 2.73. The molecule has 0 radical (unpaired) electrons. The first-order valence-electron chi connectivity index (χ1n) is 6.37. The van der Waals surface area contributed by atoms with Gasteiger partial charge in [-0.1, -0.05) is 0 Å². The molecule has 0 N–H and O–H groups in total. The molecular weight excluding hydrogens is 248 g/mol. The average Bonchev–Trinajstić information content (AvgIpc) is 2.08. The molecule has 0 amide bonds. The van der Waals surface area contributed by atoms with Crippen LogP contribution in [-0.4, -0.2) is 32.3 Å². The number of hydrogen-bond acceptors (Lipinski definition) is 4. The molecule has 0 aromatic rings. The van der Waals surface area contributed by atoms with Crippen LogP contribution in [0.15, 0.2) is 0 Å². The van der Waals surface area contributed by atoms with Crippen LogP contribution in [0.5, 0.6) is 0 Å². The molecule has 0 saturated carbocycles. The van der Waals surface area contributed by atoms with Gasteiger partial charge in [0.1, 0.15) is 11.9 Å². The molecule has 1 unspecified atom stereocenters. The van der Waals surface area contributed by atoms with Crippen molar-refractivity contribution in [2.75, 3.05) is 0 Å². The highest BCUT2D eigenvalue weighted by molar-refractivity contribution is 6.69. The van der Waals surface area contributed by atoms with Crippen molar-refractivity contribution in [3.05, 3.63) is 0 Å². The fourth-order valence-electron chi connectivity index (χ4n) is 1.53. The summed E-state index contributed by atoms with van der Waals surface area (Å²) in [6.45, 7) is 11.7. The minimum Gasteiger partial charge on any atom is -0.460 e. The van der Waals surface area contributed by atoms with E-state index in [1.54, 1.807) is 0 Å². The van der Waals surface area contributed by atoms with Gasteiger partial charge in [0.25, 0.3) is 0 Å². The van der Waals surface area contributed by atoms with Crippen LogP contribution >= 0.6 is 0 Å². The summed E-state index contributed by atoms with van der Waals surface area (Å²) in [4.78, 5) is 22.2. The third-order valence-corrected chi connectivity index (χ3v) is 2.98. The lowest BCUT2D eigenvalue weighted by atomic mass is 10.1. The molecule has 4 nitrogen and oxygen atoms in total. The highest BCUT2D eigenvalue weighted by atomic mass is 28.4. The summed E-state index contributed by atoms with van der Waals surface area (Å²) in [6, 6.07) is 0. The van der Waals surface area contributed by atoms with Crippen LogP contribution in [0.3, 0.4) is 0 Å². The van der Waals surface area contributed by atoms with Crippen molar-refractivity contribution in [3.63, 3.8) is 0 Å². The number of carbonyl (C=O) groups is 2. The molecule has 0 aliphatic heterocycles. The predicted molar refractivity (Wildman–Crippen MR) is 74.0 cm³/mol. The molecule has 5 heteroatoms. The average molecular weight is 274 g/mol. The van der Waals surface area contributed by atoms with Crippen LogP contribution in [0.25, 0.3) is 0 Å². The Morgan fingerprint density at radius 1 is 1.28 bits per heavy atom. The molecule has 0 aliphatic rings. The molecular formula is C13H26O4Si. The van der Waals surface area contributed by atoms with Gasteiger partial charge in [-0.3, -0.25) is 4.79 Å². The van der Waals surface area contributed by atoms with E-state index in [0.717, 1.165) is 6.29 Å². The van der Waals surface area contributed by atoms with Gasteiger partial charge >= 0.3 is 5.97 Å². The van der Waals surface area contributed by atoms with Crippen LogP contribution < -0.4 is 0 Å². The number of carbonyl (C=O) groups excluding carboxylic acids is 2. The second-order valence-corrected chi connectivity index (χ2v) is 10.8. The van der Waals surface area contributed by atoms with Gasteiger partial charge in [0, 0.05) is 6.42 Å². The third-order valence-electron chi connectivity index (χ3n) is 1.94. The van der Waals surface area contributed by atoms with Crippen molar-refractivity contribution in [3.8, 4) is 0 Å². The Morgan fingerprint density at radius 3 is 2.22 bits per heavy atom. The zero-order valence-electron chi connectivity index (χ0n) is 12.4. The van der Waals surface area contributed by atoms with Crippen molar-refractivity contribution in [2.24, 2.45) is 0 Å². The van der Waals surface area contributed by atoms with E-state index in [2.05, 4.69) is 19.6 Å². The summed E-state index contributed by atoms with van der Waals surface area (Å²) in [5.74, 6) is -0.267. The molecule has 0 fully saturated rings. The zero-order valence-corrected chi connectivity index (χ0v) is 13.4. The molecule has 18 heavy (non-hydrogen) atoms. The van der Waals surface area contributed by atoms with E-state index >= 15 is 0 Å². The lowest BCUT2D eigenvalue weighted by Gasteiger charge is -2.27. The van der Waals surface area contributed by atoms with Crippen LogP contribution in [0.1, 0.15) is 40.0 Å². The normalized spacial score (nSPS) is 14.1. The maximum atomic E-state index is 11.7. The number of ether oxygens (including phenoxy) is 1. The largest absolute Gasteiger partial charge is 0.460 e. The number of hydrogen-bond donors (Lipinski definition) is 0. The summed E-state index contributed by atoms with van der Waals surface area (Å²) in [5.41, 5.74) is -0.481. The van der Waals surface area contributed by atoms with Crippen LogP contribution in [-0.2, 0) is 18.8 Å². The van der Waals surface area contributed by atoms with Crippen molar-refractivity contribution in [1.29, 1.82) is 0 Å². The lowest BCUT2D eigenvalue weighted by Crippen LogP contribution is -2.35. The first kappa shape index (κ1) is 17.3. The summed E-state index contributed by atoms with van der Waals surface area (Å²) in [5, 5.41) is 0. The Labute approximate surface area is 111 Å². The van der Waals surface area contributed by atoms with Crippen molar-refractivity contribution in [2.45, 2.75) is 71.4 Å². The second kappa shape index (κ2) is 7.04. The van der Waals surface area contributed by atoms with Gasteiger partial charge < -0.3 is 14.0 Å². The second-order valence-electron chi connectivity index (χ2n) is 6.39. The Hall–Kier alpha value is -0.683. The van der Waals surface area contributed by atoms with E-state index < -0.39 is 13.9 Å². The van der Waals surface area contributed by atoms with E-state index in [9.17, 15) is 9.59 Å². The fraction of sp³-hybridized carbons (Fsp3) is 0.846. The highest BCUT2D eigenvalue weighted by Crippen LogP contribution is 2.17. The molecule has 1 atom stereocenters. The minimum atomic E-state index is -1.72. The number of esters is 1. The van der Waals surface area contributed by atoms with E-state index in [0.29, 0.717) is 12.8 Å². The Balaban J connectivity index is 4.39. The topological polar surface area (TPSA) is 52.6 Å². The molecule has 0 rings (SSSR count). The Bertz CT molecular complexity index is 276. The Morgan fingerprint density at radius 2 is 1.83 bits per heavy atom. The monoisotopic (exact) mass is 274 g/mol. The van der Waals surface area contributed by atoms with Crippen molar-refractivity contribution in [1.82, 2.24) is 0 Å². The smallest absolute Gasteiger partial charge is 0.308 e. The van der Waals surface area contributed by atoms with Gasteiger partial charge in [-0.25, -0.2) is 0 Å². The maximum absolute atomic E-state index is 11.7. The maximum Gasteiger partial charge on any atom is 0.308 e. The molecule has 0 saturated heterocycles. The van der Waals surface area contributed by atoms with Crippen molar-refractivity contribution < 1.29 is 18.8 Å². The van der Waals surface area contributed by atoms with E-state index in [1.165, 1.54) is 0 Å². The summed E-state index contributed by atoms with van der Waals surface area (Å²) in [6.07, 6.45) is 1.85. The zero-order chi connectivity index (χ0) is 14.4. The molecule has 0 aliphatic carbocycles. The standard InChI is InChI=1S/C13H26O4Si/c1-13(2,3)16-12(15)10-11(8-7-9-14)17-18(4,5)6/h9,11H,7-8,10H2,1-6H3. The van der Waals surface area contributed by atoms with Gasteiger partial charge in [-0.15, -0.1) is 0 Å². The molecule has 0 heterocycles. The third kappa shape index (κ3) is 10.5. The van der Waals surface area contributed by atoms with Gasteiger partial charge in [0.15, 0.2) is 8.32 Å². The van der Waals surface area contributed by atoms with E-state index in [1.807, 2.05) is 20.8 Å². The molecule has 106 valence electrons. The van der Waals surface area contributed by atoms with Gasteiger partial charge in [0.2, 0.25) is 0 Å². The predicted octanol–water partition coefficient (Wildman–Crippen LogP) is 2.92. The number of aldehydes is 1. The van der Waals surface area contributed by atoms with Crippen molar-refractivity contribution >= 4 is 20.6 Å². The SMILES string of the molecule is CC(C)(C)OC(=O)CC(CCC=O)O[Si](C)(C)C. The lowest BCUT2D eigenvalue weighted by molar-refractivity contribution is -0.156. The summed E-state index contributed by atoms with van der Waals surface area (Å²) < 4.78 is 11.2.